The molecule has 1 aromatic carbocycles. The van der Waals surface area contributed by atoms with Gasteiger partial charge in [0.15, 0.2) is 11.9 Å². The molecular formula is C28H36N6O5. The zero-order chi connectivity index (χ0) is 27.2. The summed E-state index contributed by atoms with van der Waals surface area (Å²) in [4.78, 5) is 36.0. The molecule has 11 nitrogen and oxygen atoms in total. The van der Waals surface area contributed by atoms with Gasteiger partial charge in [-0.1, -0.05) is 18.2 Å². The van der Waals surface area contributed by atoms with Crippen LogP contribution in [0.2, 0.25) is 0 Å². The maximum absolute atomic E-state index is 13.9. The van der Waals surface area contributed by atoms with Gasteiger partial charge in [-0.05, 0) is 31.2 Å². The van der Waals surface area contributed by atoms with Crippen molar-refractivity contribution >= 4 is 28.5 Å². The van der Waals surface area contributed by atoms with Gasteiger partial charge in [-0.3, -0.25) is 9.69 Å². The van der Waals surface area contributed by atoms with Crippen LogP contribution in [0.25, 0.3) is 10.9 Å². The Morgan fingerprint density at radius 1 is 1.18 bits per heavy atom. The third-order valence-electron chi connectivity index (χ3n) is 7.66. The second kappa shape index (κ2) is 12.6. The molecule has 2 aromatic heterocycles. The summed E-state index contributed by atoms with van der Waals surface area (Å²) >= 11 is 0. The number of para-hydroxylation sites is 1. The predicted molar refractivity (Wildman–Crippen MR) is 146 cm³/mol. The Labute approximate surface area is 227 Å². The number of hydrogen-bond donors (Lipinski definition) is 3. The van der Waals surface area contributed by atoms with Crippen LogP contribution < -0.4 is 11.1 Å². The topological polar surface area (TPSA) is 145 Å². The van der Waals surface area contributed by atoms with Crippen LogP contribution >= 0.6 is 0 Å². The number of aromatic nitrogens is 3. The molecule has 2 fully saturated rings. The maximum Gasteiger partial charge on any atom is 0.334 e. The molecule has 3 aromatic rings. The van der Waals surface area contributed by atoms with E-state index in [9.17, 15) is 9.59 Å². The normalized spacial score (nSPS) is 20.7. The van der Waals surface area contributed by atoms with E-state index < -0.39 is 12.1 Å². The van der Waals surface area contributed by atoms with Crippen LogP contribution in [0.4, 0.5) is 5.82 Å². The zero-order valence-corrected chi connectivity index (χ0v) is 22.0. The first-order chi connectivity index (χ1) is 19.0. The number of hydrogen-bond acceptors (Lipinski definition) is 9. The molecule has 1 aliphatic heterocycles. The Kier molecular flexibility index (Phi) is 8.82. The standard InChI is InChI=1S/C28H36N6O5/c29-14-25(28(36)37)39-17-19-5-6-20(13-19)32-27-22(15-30-18-31-27)26(35)23-16-34(24-4-2-1-3-21(23)24)8-7-33-9-11-38-12-10-33/h1-4,15-16,18-20,25H,5-14,17,29H2,(H,36,37)(H,30,31,32)/t19?,20-,25?/m0/s1. The van der Waals surface area contributed by atoms with E-state index in [0.717, 1.165) is 69.6 Å². The van der Waals surface area contributed by atoms with E-state index >= 15 is 0 Å². The molecule has 0 radical (unpaired) electrons. The van der Waals surface area contributed by atoms with Crippen LogP contribution in [0, 0.1) is 5.92 Å². The number of fused-ring (bicyclic) bond motifs is 1. The number of anilines is 1. The number of carbonyl (C=O) groups is 2. The van der Waals surface area contributed by atoms with Crippen molar-refractivity contribution in [3.05, 3.63) is 54.1 Å². The van der Waals surface area contributed by atoms with E-state index in [-0.39, 0.29) is 24.3 Å². The van der Waals surface area contributed by atoms with Crippen LogP contribution in [0.3, 0.4) is 0 Å². The number of nitrogens with two attached hydrogens (primary N) is 1. The van der Waals surface area contributed by atoms with Gasteiger partial charge in [-0.25, -0.2) is 14.8 Å². The highest BCUT2D eigenvalue weighted by Gasteiger charge is 2.29. The lowest BCUT2D eigenvalue weighted by Crippen LogP contribution is -2.38. The van der Waals surface area contributed by atoms with Gasteiger partial charge in [0.1, 0.15) is 12.1 Å². The fourth-order valence-corrected chi connectivity index (χ4v) is 5.49. The fourth-order valence-electron chi connectivity index (χ4n) is 5.49. The van der Waals surface area contributed by atoms with Crippen LogP contribution in [0.5, 0.6) is 0 Å². The molecule has 3 heterocycles. The highest BCUT2D eigenvalue weighted by atomic mass is 16.5. The molecule has 1 aliphatic carbocycles. The average molecular weight is 537 g/mol. The van der Waals surface area contributed by atoms with Gasteiger partial charge in [0.05, 0.1) is 25.4 Å². The lowest BCUT2D eigenvalue weighted by Gasteiger charge is -2.26. The molecule has 11 heteroatoms. The summed E-state index contributed by atoms with van der Waals surface area (Å²) < 4.78 is 13.1. The van der Waals surface area contributed by atoms with Gasteiger partial charge < -0.3 is 30.2 Å². The smallest absolute Gasteiger partial charge is 0.334 e. The summed E-state index contributed by atoms with van der Waals surface area (Å²) in [6, 6.07) is 8.07. The number of morpholine rings is 1. The summed E-state index contributed by atoms with van der Waals surface area (Å²) in [5.41, 5.74) is 7.58. The largest absolute Gasteiger partial charge is 0.479 e. The van der Waals surface area contributed by atoms with Gasteiger partial charge in [0.2, 0.25) is 0 Å². The van der Waals surface area contributed by atoms with Crippen molar-refractivity contribution in [2.24, 2.45) is 11.7 Å². The van der Waals surface area contributed by atoms with Crippen molar-refractivity contribution in [1.29, 1.82) is 0 Å². The predicted octanol–water partition coefficient (Wildman–Crippen LogP) is 2.00. The third-order valence-corrected chi connectivity index (χ3v) is 7.66. The number of carboxylic acid groups (broad SMARTS) is 1. The molecule has 1 saturated carbocycles. The summed E-state index contributed by atoms with van der Waals surface area (Å²) in [6.45, 7) is 5.30. The van der Waals surface area contributed by atoms with Crippen LogP contribution in [-0.2, 0) is 20.8 Å². The number of nitrogens with one attached hydrogen (secondary N) is 1. The van der Waals surface area contributed by atoms with E-state index in [1.165, 1.54) is 6.33 Å². The zero-order valence-electron chi connectivity index (χ0n) is 22.0. The first kappa shape index (κ1) is 27.2. The van der Waals surface area contributed by atoms with Gasteiger partial charge in [-0.15, -0.1) is 0 Å². The quantitative estimate of drug-likeness (QED) is 0.294. The summed E-state index contributed by atoms with van der Waals surface area (Å²) in [7, 11) is 0. The minimum atomic E-state index is -1.04. The van der Waals surface area contributed by atoms with Crippen LogP contribution in [-0.4, -0.2) is 94.4 Å². The maximum atomic E-state index is 13.9. The lowest BCUT2D eigenvalue weighted by atomic mass is 10.0. The minimum Gasteiger partial charge on any atom is -0.479 e. The number of nitrogens with zero attached hydrogens (tertiary/aromatic N) is 4. The highest BCUT2D eigenvalue weighted by Crippen LogP contribution is 2.30. The van der Waals surface area contributed by atoms with Crippen molar-refractivity contribution in [2.75, 3.05) is 51.3 Å². The molecule has 0 spiro atoms. The second-order valence-corrected chi connectivity index (χ2v) is 10.2. The molecule has 0 amide bonds. The number of ketones is 1. The molecule has 1 saturated heterocycles. The molecule has 4 N–H and O–H groups in total. The van der Waals surface area contributed by atoms with Gasteiger partial charge in [-0.2, -0.15) is 0 Å². The Bertz CT molecular complexity index is 1290. The first-order valence-electron chi connectivity index (χ1n) is 13.6. The van der Waals surface area contributed by atoms with E-state index in [2.05, 4.69) is 24.8 Å². The first-order valence-corrected chi connectivity index (χ1v) is 13.6. The van der Waals surface area contributed by atoms with Crippen molar-refractivity contribution in [3.63, 3.8) is 0 Å². The van der Waals surface area contributed by atoms with Gasteiger partial charge in [0, 0.05) is 67.6 Å². The molecule has 5 rings (SSSR count). The third kappa shape index (κ3) is 6.44. The van der Waals surface area contributed by atoms with E-state index in [4.69, 9.17) is 20.3 Å². The number of benzene rings is 1. The Hall–Kier alpha value is -3.38. The van der Waals surface area contributed by atoms with Crippen molar-refractivity contribution in [2.45, 2.75) is 38.0 Å². The minimum absolute atomic E-state index is 0.0558. The molecule has 208 valence electrons. The fraction of sp³-hybridized carbons (Fsp3) is 0.500. The van der Waals surface area contributed by atoms with Crippen molar-refractivity contribution in [3.8, 4) is 0 Å². The molecule has 2 aliphatic rings. The van der Waals surface area contributed by atoms with E-state index in [1.807, 2.05) is 30.5 Å². The number of aliphatic carboxylic acids is 1. The lowest BCUT2D eigenvalue weighted by molar-refractivity contribution is -0.150. The van der Waals surface area contributed by atoms with Crippen molar-refractivity contribution in [1.82, 2.24) is 19.4 Å². The highest BCUT2D eigenvalue weighted by molar-refractivity contribution is 6.18. The number of rotatable bonds is 12. The SMILES string of the molecule is NCC(OCC1CC[C@H](Nc2ncncc2C(=O)c2cn(CCN3CCOCC3)c3ccccc23)C1)C(=O)O. The Balaban J connectivity index is 1.28. The van der Waals surface area contributed by atoms with Crippen LogP contribution in [0.1, 0.15) is 35.2 Å². The van der Waals surface area contributed by atoms with Gasteiger partial charge in [0.25, 0.3) is 0 Å². The van der Waals surface area contributed by atoms with E-state index in [1.54, 1.807) is 6.20 Å². The Morgan fingerprint density at radius 3 is 2.79 bits per heavy atom. The molecule has 39 heavy (non-hydrogen) atoms. The van der Waals surface area contributed by atoms with Crippen LogP contribution in [0.15, 0.2) is 43.0 Å². The average Bonchev–Trinajstić information content (AvgIpc) is 3.57. The molecule has 0 bridgehead atoms. The number of carboxylic acids is 1. The number of carbonyl (C=O) groups excluding carboxylic acids is 1. The molecule has 3 atom stereocenters. The Morgan fingerprint density at radius 2 is 2.00 bits per heavy atom. The summed E-state index contributed by atoms with van der Waals surface area (Å²) in [6.07, 6.45) is 6.52. The second-order valence-electron chi connectivity index (χ2n) is 10.2. The van der Waals surface area contributed by atoms with Crippen molar-refractivity contribution < 1.29 is 24.2 Å². The molecule has 2 unspecified atom stereocenters. The molecular weight excluding hydrogens is 500 g/mol. The number of ether oxygens (including phenoxy) is 2. The van der Waals surface area contributed by atoms with E-state index in [0.29, 0.717) is 23.6 Å². The van der Waals surface area contributed by atoms with Gasteiger partial charge >= 0.3 is 5.97 Å². The summed E-state index contributed by atoms with van der Waals surface area (Å²) in [5, 5.41) is 13.5. The monoisotopic (exact) mass is 536 g/mol. The summed E-state index contributed by atoms with van der Waals surface area (Å²) in [5.74, 6) is -0.445.